The number of hydrogen-bond acceptors (Lipinski definition) is 5. The summed E-state index contributed by atoms with van der Waals surface area (Å²) >= 11 is 0. The van der Waals surface area contributed by atoms with Crippen molar-refractivity contribution in [1.29, 1.82) is 0 Å². The molecule has 0 saturated heterocycles. The van der Waals surface area contributed by atoms with Crippen LogP contribution in [0.2, 0.25) is 0 Å². The zero-order valence-corrected chi connectivity index (χ0v) is 15.2. The van der Waals surface area contributed by atoms with Gasteiger partial charge in [0.1, 0.15) is 5.82 Å². The number of nitrogens with zero attached hydrogens (tertiary/aromatic N) is 3. The Morgan fingerprint density at radius 3 is 2.65 bits per heavy atom. The third kappa shape index (κ3) is 3.51. The second kappa shape index (κ2) is 7.33. The first-order valence-electron chi connectivity index (χ1n) is 9.44. The number of anilines is 3. The van der Waals surface area contributed by atoms with Crippen LogP contribution < -0.4 is 16.4 Å². The van der Waals surface area contributed by atoms with Gasteiger partial charge in [-0.15, -0.1) is 5.10 Å². The van der Waals surface area contributed by atoms with Crippen LogP contribution in [0.5, 0.6) is 0 Å². The molecule has 0 aliphatic heterocycles. The molecule has 3 aromatic rings. The lowest BCUT2D eigenvalue weighted by Gasteiger charge is -2.27. The van der Waals surface area contributed by atoms with Gasteiger partial charge in [-0.2, -0.15) is 0 Å². The van der Waals surface area contributed by atoms with E-state index in [2.05, 4.69) is 22.7 Å². The van der Waals surface area contributed by atoms with Crippen molar-refractivity contribution in [3.05, 3.63) is 48.3 Å². The van der Waals surface area contributed by atoms with Gasteiger partial charge in [-0.3, -0.25) is 0 Å². The Morgan fingerprint density at radius 1 is 1.15 bits per heavy atom. The van der Waals surface area contributed by atoms with E-state index in [0.29, 0.717) is 17.8 Å². The molecule has 4 rings (SSSR count). The van der Waals surface area contributed by atoms with E-state index in [-0.39, 0.29) is 0 Å². The molecule has 1 fully saturated rings. The van der Waals surface area contributed by atoms with E-state index in [9.17, 15) is 0 Å². The molecule has 2 aromatic heterocycles. The van der Waals surface area contributed by atoms with Crippen LogP contribution in [-0.2, 0) is 0 Å². The highest BCUT2D eigenvalue weighted by molar-refractivity contribution is 5.75. The Morgan fingerprint density at radius 2 is 1.92 bits per heavy atom. The highest BCUT2D eigenvalue weighted by atomic mass is 15.3. The number of nitrogens with one attached hydrogen (secondary N) is 2. The third-order valence-electron chi connectivity index (χ3n) is 5.15. The Bertz CT molecular complexity index is 865. The number of rotatable bonds is 5. The fourth-order valence-electron chi connectivity index (χ4n) is 3.86. The Labute approximate surface area is 153 Å². The molecule has 1 aliphatic carbocycles. The van der Waals surface area contributed by atoms with Crippen molar-refractivity contribution in [2.45, 2.75) is 44.6 Å². The highest BCUT2D eigenvalue weighted by Crippen LogP contribution is 2.33. The van der Waals surface area contributed by atoms with Crippen molar-refractivity contribution in [2.24, 2.45) is 0 Å². The Hall–Kier alpha value is -2.60. The van der Waals surface area contributed by atoms with Crippen molar-refractivity contribution in [2.75, 3.05) is 17.6 Å². The summed E-state index contributed by atoms with van der Waals surface area (Å²) in [5.74, 6) is 0.980. The van der Waals surface area contributed by atoms with E-state index >= 15 is 0 Å². The minimum atomic E-state index is 0.482. The fraction of sp³-hybridized carbons (Fsp3) is 0.400. The van der Waals surface area contributed by atoms with Gasteiger partial charge in [0.2, 0.25) is 0 Å². The molecule has 0 bridgehead atoms. The molecule has 0 spiro atoms. The van der Waals surface area contributed by atoms with Gasteiger partial charge in [-0.05, 0) is 44.4 Å². The standard InChI is InChI=1S/C20H26N6/c1-2-22-15-10-8-14(9-11-15)18-13-26-20(24-18)17(12-19(21)25-26)23-16-6-4-3-5-7-16/h3-7,12-15,22-23H,2,8-11H2,1H3,(H2,21,25)/t14-,15-. The van der Waals surface area contributed by atoms with Crippen LogP contribution in [-0.4, -0.2) is 27.2 Å². The van der Waals surface area contributed by atoms with Gasteiger partial charge < -0.3 is 16.4 Å². The first kappa shape index (κ1) is 16.8. The molecular formula is C20H26N6. The first-order valence-corrected chi connectivity index (χ1v) is 9.44. The van der Waals surface area contributed by atoms with Gasteiger partial charge in [-0.1, -0.05) is 25.1 Å². The number of hydrogen-bond donors (Lipinski definition) is 3. The molecule has 2 heterocycles. The Balaban J connectivity index is 1.60. The average molecular weight is 350 g/mol. The highest BCUT2D eigenvalue weighted by Gasteiger charge is 2.24. The molecule has 6 nitrogen and oxygen atoms in total. The molecule has 0 radical (unpaired) electrons. The second-order valence-electron chi connectivity index (χ2n) is 7.01. The zero-order chi connectivity index (χ0) is 17.9. The third-order valence-corrected chi connectivity index (χ3v) is 5.15. The van der Waals surface area contributed by atoms with Gasteiger partial charge in [0, 0.05) is 23.7 Å². The van der Waals surface area contributed by atoms with Crippen molar-refractivity contribution in [1.82, 2.24) is 19.9 Å². The van der Waals surface area contributed by atoms with Gasteiger partial charge >= 0.3 is 0 Å². The van der Waals surface area contributed by atoms with Crippen LogP contribution in [0.1, 0.15) is 44.2 Å². The summed E-state index contributed by atoms with van der Waals surface area (Å²) in [6, 6.07) is 12.6. The second-order valence-corrected chi connectivity index (χ2v) is 7.01. The Kier molecular flexibility index (Phi) is 4.75. The monoisotopic (exact) mass is 350 g/mol. The van der Waals surface area contributed by atoms with E-state index in [4.69, 9.17) is 10.7 Å². The van der Waals surface area contributed by atoms with Crippen LogP contribution >= 0.6 is 0 Å². The normalized spacial score (nSPS) is 20.3. The quantitative estimate of drug-likeness (QED) is 0.654. The summed E-state index contributed by atoms with van der Waals surface area (Å²) in [5.41, 5.74) is 9.85. The lowest BCUT2D eigenvalue weighted by molar-refractivity contribution is 0.345. The van der Waals surface area contributed by atoms with Gasteiger partial charge in [0.15, 0.2) is 5.65 Å². The fourth-order valence-corrected chi connectivity index (χ4v) is 3.86. The summed E-state index contributed by atoms with van der Waals surface area (Å²) in [6.07, 6.45) is 6.78. The van der Waals surface area contributed by atoms with Gasteiger partial charge in [0.05, 0.1) is 17.6 Å². The molecule has 6 heteroatoms. The largest absolute Gasteiger partial charge is 0.382 e. The summed E-state index contributed by atoms with van der Waals surface area (Å²) in [4.78, 5) is 4.91. The van der Waals surface area contributed by atoms with Crippen molar-refractivity contribution in [3.63, 3.8) is 0 Å². The minimum absolute atomic E-state index is 0.482. The van der Waals surface area contributed by atoms with Crippen LogP contribution in [0.4, 0.5) is 17.2 Å². The van der Waals surface area contributed by atoms with E-state index in [1.807, 2.05) is 47.1 Å². The molecule has 4 N–H and O–H groups in total. The summed E-state index contributed by atoms with van der Waals surface area (Å²) < 4.78 is 1.81. The van der Waals surface area contributed by atoms with Crippen molar-refractivity contribution < 1.29 is 0 Å². The topological polar surface area (TPSA) is 80.3 Å². The van der Waals surface area contributed by atoms with Gasteiger partial charge in [0.25, 0.3) is 0 Å². The van der Waals surface area contributed by atoms with E-state index < -0.39 is 0 Å². The molecule has 0 unspecified atom stereocenters. The van der Waals surface area contributed by atoms with Crippen LogP contribution in [0.3, 0.4) is 0 Å². The zero-order valence-electron chi connectivity index (χ0n) is 15.2. The first-order chi connectivity index (χ1) is 12.7. The molecule has 0 amide bonds. The van der Waals surface area contributed by atoms with E-state index in [1.165, 1.54) is 25.7 Å². The molecule has 0 atom stereocenters. The van der Waals surface area contributed by atoms with E-state index in [1.54, 1.807) is 0 Å². The van der Waals surface area contributed by atoms with Gasteiger partial charge in [-0.25, -0.2) is 9.50 Å². The summed E-state index contributed by atoms with van der Waals surface area (Å²) in [6.45, 7) is 3.22. The molecule has 26 heavy (non-hydrogen) atoms. The van der Waals surface area contributed by atoms with Crippen molar-refractivity contribution >= 4 is 22.8 Å². The number of nitrogen functional groups attached to an aromatic ring is 1. The predicted octanol–water partition coefficient (Wildman–Crippen LogP) is 3.69. The summed E-state index contributed by atoms with van der Waals surface area (Å²) in [5, 5.41) is 11.4. The average Bonchev–Trinajstić information content (AvgIpc) is 3.07. The van der Waals surface area contributed by atoms with Crippen LogP contribution in [0.15, 0.2) is 42.6 Å². The smallest absolute Gasteiger partial charge is 0.177 e. The van der Waals surface area contributed by atoms with E-state index in [0.717, 1.165) is 29.3 Å². The maximum absolute atomic E-state index is 6.01. The lowest BCUT2D eigenvalue weighted by atomic mass is 9.84. The van der Waals surface area contributed by atoms with Crippen LogP contribution in [0, 0.1) is 0 Å². The number of aromatic nitrogens is 3. The molecular weight excluding hydrogens is 324 g/mol. The van der Waals surface area contributed by atoms with Crippen LogP contribution in [0.25, 0.3) is 5.65 Å². The minimum Gasteiger partial charge on any atom is -0.382 e. The maximum Gasteiger partial charge on any atom is 0.177 e. The molecule has 136 valence electrons. The van der Waals surface area contributed by atoms with Crippen molar-refractivity contribution in [3.8, 4) is 0 Å². The molecule has 1 aliphatic rings. The number of imidazole rings is 1. The molecule has 1 aromatic carbocycles. The number of nitrogens with two attached hydrogens (primary N) is 1. The number of benzene rings is 1. The lowest BCUT2D eigenvalue weighted by Crippen LogP contribution is -2.32. The predicted molar refractivity (Wildman–Crippen MR) is 106 cm³/mol. The maximum atomic E-state index is 6.01. The number of fused-ring (bicyclic) bond motifs is 1. The summed E-state index contributed by atoms with van der Waals surface area (Å²) in [7, 11) is 0. The SMILES string of the molecule is CCN[C@H]1CC[C@H](c2cn3nc(N)cc(Nc4ccccc4)c3n2)CC1. The molecule has 1 saturated carbocycles. The number of para-hydroxylation sites is 1.